The summed E-state index contributed by atoms with van der Waals surface area (Å²) in [4.78, 5) is 19.3. The van der Waals surface area contributed by atoms with E-state index in [2.05, 4.69) is 9.97 Å². The lowest BCUT2D eigenvalue weighted by molar-refractivity contribution is 1.22. The van der Waals surface area contributed by atoms with Crippen LogP contribution in [0.25, 0.3) is 22.3 Å². The van der Waals surface area contributed by atoms with Gasteiger partial charge in [0, 0.05) is 10.6 Å². The van der Waals surface area contributed by atoms with E-state index in [1.54, 1.807) is 24.3 Å². The zero-order chi connectivity index (χ0) is 13.4. The first kappa shape index (κ1) is 11.9. The van der Waals surface area contributed by atoms with Gasteiger partial charge in [-0.2, -0.15) is 0 Å². The van der Waals surface area contributed by atoms with Gasteiger partial charge >= 0.3 is 0 Å². The van der Waals surface area contributed by atoms with Crippen molar-refractivity contribution in [1.29, 1.82) is 0 Å². The van der Waals surface area contributed by atoms with Crippen molar-refractivity contribution in [2.75, 3.05) is 0 Å². The standard InChI is InChI=1S/C15H11ClN2O/c1-9-2-7-12-13(8-9)17-14(15(19)18-12)10-3-5-11(16)6-4-10/h2-8H,1H3,(H,18,19). The number of nitrogens with one attached hydrogen (secondary N) is 1. The Labute approximate surface area is 114 Å². The molecule has 1 N–H and O–H groups in total. The Kier molecular flexibility index (Phi) is 2.84. The molecule has 0 fully saturated rings. The number of H-pyrrole nitrogens is 1. The van der Waals surface area contributed by atoms with E-state index >= 15 is 0 Å². The molecule has 2 aromatic carbocycles. The van der Waals surface area contributed by atoms with Gasteiger partial charge in [0.15, 0.2) is 0 Å². The Bertz CT molecular complexity index is 806. The monoisotopic (exact) mass is 270 g/mol. The van der Waals surface area contributed by atoms with Crippen molar-refractivity contribution >= 4 is 22.6 Å². The molecule has 0 saturated heterocycles. The van der Waals surface area contributed by atoms with Crippen molar-refractivity contribution in [1.82, 2.24) is 9.97 Å². The van der Waals surface area contributed by atoms with Crippen molar-refractivity contribution in [2.45, 2.75) is 6.92 Å². The van der Waals surface area contributed by atoms with Gasteiger partial charge in [0.1, 0.15) is 5.69 Å². The quantitative estimate of drug-likeness (QED) is 0.735. The van der Waals surface area contributed by atoms with Crippen LogP contribution in [0.5, 0.6) is 0 Å². The molecule has 0 unspecified atom stereocenters. The highest BCUT2D eigenvalue weighted by Gasteiger charge is 2.07. The second kappa shape index (κ2) is 4.52. The highest BCUT2D eigenvalue weighted by Crippen LogP contribution is 2.19. The number of benzene rings is 2. The maximum Gasteiger partial charge on any atom is 0.274 e. The molecule has 0 saturated carbocycles. The van der Waals surface area contributed by atoms with Crippen LogP contribution >= 0.6 is 11.6 Å². The maximum absolute atomic E-state index is 12.1. The number of nitrogens with zero attached hydrogens (tertiary/aromatic N) is 1. The van der Waals surface area contributed by atoms with Gasteiger partial charge in [0.25, 0.3) is 5.56 Å². The number of fused-ring (bicyclic) bond motifs is 1. The van der Waals surface area contributed by atoms with Crippen molar-refractivity contribution in [3.63, 3.8) is 0 Å². The molecule has 1 aromatic heterocycles. The molecule has 94 valence electrons. The summed E-state index contributed by atoms with van der Waals surface area (Å²) in [7, 11) is 0. The van der Waals surface area contributed by atoms with Crippen LogP contribution in [0.3, 0.4) is 0 Å². The van der Waals surface area contributed by atoms with Crippen molar-refractivity contribution in [2.24, 2.45) is 0 Å². The Morgan fingerprint density at radius 2 is 1.84 bits per heavy atom. The minimum Gasteiger partial charge on any atom is -0.319 e. The molecule has 0 aliphatic carbocycles. The van der Waals surface area contributed by atoms with E-state index in [-0.39, 0.29) is 5.56 Å². The van der Waals surface area contributed by atoms with E-state index in [1.807, 2.05) is 25.1 Å². The molecule has 3 aromatic rings. The van der Waals surface area contributed by atoms with E-state index in [0.717, 1.165) is 22.2 Å². The third-order valence-electron chi connectivity index (χ3n) is 2.97. The van der Waals surface area contributed by atoms with E-state index in [9.17, 15) is 4.79 Å². The van der Waals surface area contributed by atoms with E-state index in [0.29, 0.717) is 10.7 Å². The molecule has 0 spiro atoms. The van der Waals surface area contributed by atoms with Crippen molar-refractivity contribution < 1.29 is 0 Å². The number of aromatic nitrogens is 2. The highest BCUT2D eigenvalue weighted by atomic mass is 35.5. The average molecular weight is 271 g/mol. The first-order chi connectivity index (χ1) is 9.13. The SMILES string of the molecule is Cc1ccc2[nH]c(=O)c(-c3ccc(Cl)cc3)nc2c1. The number of aromatic amines is 1. The summed E-state index contributed by atoms with van der Waals surface area (Å²) in [6.07, 6.45) is 0. The Hall–Kier alpha value is -2.13. The fourth-order valence-electron chi connectivity index (χ4n) is 2.00. The predicted octanol–water partition coefficient (Wildman–Crippen LogP) is 3.55. The van der Waals surface area contributed by atoms with Gasteiger partial charge in [-0.1, -0.05) is 29.8 Å². The van der Waals surface area contributed by atoms with Crippen molar-refractivity contribution in [3.8, 4) is 11.3 Å². The lowest BCUT2D eigenvalue weighted by Crippen LogP contribution is -2.11. The molecule has 0 atom stereocenters. The van der Waals surface area contributed by atoms with Crippen LogP contribution in [0.2, 0.25) is 5.02 Å². The lowest BCUT2D eigenvalue weighted by atomic mass is 10.1. The number of hydrogen-bond acceptors (Lipinski definition) is 2. The molecular formula is C15H11ClN2O. The molecule has 0 amide bonds. The summed E-state index contributed by atoms with van der Waals surface area (Å²) in [6, 6.07) is 12.8. The number of rotatable bonds is 1. The Morgan fingerprint density at radius 1 is 1.11 bits per heavy atom. The van der Waals surface area contributed by atoms with Crippen LogP contribution in [-0.4, -0.2) is 9.97 Å². The van der Waals surface area contributed by atoms with Gasteiger partial charge in [-0.15, -0.1) is 0 Å². The summed E-state index contributed by atoms with van der Waals surface area (Å²) in [6.45, 7) is 1.99. The normalized spacial score (nSPS) is 10.8. The van der Waals surface area contributed by atoms with Crippen LogP contribution in [0.4, 0.5) is 0 Å². The number of hydrogen-bond donors (Lipinski definition) is 1. The maximum atomic E-state index is 12.1. The Morgan fingerprint density at radius 3 is 2.58 bits per heavy atom. The number of halogens is 1. The van der Waals surface area contributed by atoms with Gasteiger partial charge in [0.2, 0.25) is 0 Å². The van der Waals surface area contributed by atoms with Crippen LogP contribution in [-0.2, 0) is 0 Å². The molecule has 3 rings (SSSR count). The van der Waals surface area contributed by atoms with Crippen LogP contribution < -0.4 is 5.56 Å². The second-order valence-electron chi connectivity index (χ2n) is 4.44. The zero-order valence-corrected chi connectivity index (χ0v) is 11.0. The number of aryl methyl sites for hydroxylation is 1. The summed E-state index contributed by atoms with van der Waals surface area (Å²) in [5.41, 5.74) is 3.61. The minimum absolute atomic E-state index is 0.196. The first-order valence-electron chi connectivity index (χ1n) is 5.90. The Balaban J connectivity index is 2.26. The third kappa shape index (κ3) is 2.25. The molecular weight excluding hydrogens is 260 g/mol. The third-order valence-corrected chi connectivity index (χ3v) is 3.22. The summed E-state index contributed by atoms with van der Waals surface area (Å²) in [5.74, 6) is 0. The molecule has 0 radical (unpaired) electrons. The smallest absolute Gasteiger partial charge is 0.274 e. The van der Waals surface area contributed by atoms with Gasteiger partial charge in [-0.25, -0.2) is 4.98 Å². The van der Waals surface area contributed by atoms with E-state index < -0.39 is 0 Å². The topological polar surface area (TPSA) is 45.8 Å². The second-order valence-corrected chi connectivity index (χ2v) is 4.88. The van der Waals surface area contributed by atoms with Crippen molar-refractivity contribution in [3.05, 3.63) is 63.4 Å². The molecule has 0 aliphatic heterocycles. The lowest BCUT2D eigenvalue weighted by Gasteiger charge is -2.03. The van der Waals surface area contributed by atoms with Gasteiger partial charge in [-0.3, -0.25) is 4.79 Å². The predicted molar refractivity (Wildman–Crippen MR) is 77.5 cm³/mol. The largest absolute Gasteiger partial charge is 0.319 e. The zero-order valence-electron chi connectivity index (χ0n) is 10.3. The average Bonchev–Trinajstić information content (AvgIpc) is 2.40. The summed E-state index contributed by atoms with van der Waals surface area (Å²) in [5, 5.41) is 0.636. The fraction of sp³-hybridized carbons (Fsp3) is 0.0667. The van der Waals surface area contributed by atoms with E-state index in [1.165, 1.54) is 0 Å². The van der Waals surface area contributed by atoms with Crippen LogP contribution in [0.1, 0.15) is 5.56 Å². The minimum atomic E-state index is -0.196. The van der Waals surface area contributed by atoms with E-state index in [4.69, 9.17) is 11.6 Å². The summed E-state index contributed by atoms with van der Waals surface area (Å²) < 4.78 is 0. The highest BCUT2D eigenvalue weighted by molar-refractivity contribution is 6.30. The van der Waals surface area contributed by atoms with Crippen LogP contribution in [0, 0.1) is 6.92 Å². The molecule has 1 heterocycles. The van der Waals surface area contributed by atoms with Crippen LogP contribution in [0.15, 0.2) is 47.3 Å². The summed E-state index contributed by atoms with van der Waals surface area (Å²) >= 11 is 5.85. The molecule has 0 bridgehead atoms. The van der Waals surface area contributed by atoms with Gasteiger partial charge in [0.05, 0.1) is 11.0 Å². The molecule has 4 heteroatoms. The van der Waals surface area contributed by atoms with Gasteiger partial charge in [-0.05, 0) is 36.8 Å². The molecule has 19 heavy (non-hydrogen) atoms. The first-order valence-corrected chi connectivity index (χ1v) is 6.28. The molecule has 0 aliphatic rings. The fourth-order valence-corrected chi connectivity index (χ4v) is 2.12. The van der Waals surface area contributed by atoms with Gasteiger partial charge < -0.3 is 4.98 Å². The molecule has 3 nitrogen and oxygen atoms in total.